The second-order valence-electron chi connectivity index (χ2n) is 7.90. The van der Waals surface area contributed by atoms with Crippen LogP contribution in [0.1, 0.15) is 29.6 Å². The van der Waals surface area contributed by atoms with E-state index in [4.69, 9.17) is 8.83 Å². The van der Waals surface area contributed by atoms with Gasteiger partial charge in [-0.1, -0.05) is 55.5 Å². The van der Waals surface area contributed by atoms with Crippen molar-refractivity contribution in [2.45, 2.75) is 19.9 Å². The molecule has 1 N–H and O–H groups in total. The lowest BCUT2D eigenvalue weighted by Crippen LogP contribution is -2.30. The standard InChI is InChI=1S/C26H24N4O3/c1-2-14-30(17-23-28-29-26(33-23)22-13-8-15-32-22)16-21(31)24-19-11-6-7-12-20(19)27-25(24)18-9-4-3-5-10-18/h3-13,15,27H,2,14,16-17H2,1H3. The number of ketones is 1. The number of Topliss-reactive ketones (excluding diaryl/α,β-unsaturated/α-hetero) is 1. The van der Waals surface area contributed by atoms with Crippen LogP contribution in [0.5, 0.6) is 0 Å². The molecule has 0 aliphatic heterocycles. The third-order valence-electron chi connectivity index (χ3n) is 5.51. The molecule has 0 radical (unpaired) electrons. The van der Waals surface area contributed by atoms with Gasteiger partial charge in [-0.2, -0.15) is 0 Å². The molecule has 7 heteroatoms. The molecule has 3 aromatic heterocycles. The van der Waals surface area contributed by atoms with Crippen LogP contribution < -0.4 is 0 Å². The van der Waals surface area contributed by atoms with Gasteiger partial charge in [-0.05, 0) is 36.7 Å². The number of hydrogen-bond acceptors (Lipinski definition) is 6. The smallest absolute Gasteiger partial charge is 0.283 e. The summed E-state index contributed by atoms with van der Waals surface area (Å²) in [5.74, 6) is 1.36. The highest BCUT2D eigenvalue weighted by Crippen LogP contribution is 2.31. The average molecular weight is 441 g/mol. The Labute approximate surface area is 191 Å². The monoisotopic (exact) mass is 440 g/mol. The first-order valence-corrected chi connectivity index (χ1v) is 11.0. The van der Waals surface area contributed by atoms with Gasteiger partial charge in [0.05, 0.1) is 30.6 Å². The number of benzene rings is 2. The summed E-state index contributed by atoms with van der Waals surface area (Å²) in [6.45, 7) is 3.44. The van der Waals surface area contributed by atoms with Gasteiger partial charge in [0.15, 0.2) is 11.5 Å². The van der Waals surface area contributed by atoms with Crippen LogP contribution in [-0.4, -0.2) is 39.0 Å². The molecule has 7 nitrogen and oxygen atoms in total. The summed E-state index contributed by atoms with van der Waals surface area (Å²) in [5, 5.41) is 9.14. The van der Waals surface area contributed by atoms with Crippen molar-refractivity contribution in [3.8, 4) is 22.9 Å². The number of aromatic nitrogens is 3. The molecule has 0 bridgehead atoms. The molecule has 5 rings (SSSR count). The van der Waals surface area contributed by atoms with Crippen LogP contribution in [0.3, 0.4) is 0 Å². The molecule has 0 amide bonds. The van der Waals surface area contributed by atoms with E-state index in [1.54, 1.807) is 18.4 Å². The van der Waals surface area contributed by atoms with E-state index in [1.165, 1.54) is 0 Å². The first kappa shape index (κ1) is 20.9. The van der Waals surface area contributed by atoms with E-state index >= 15 is 0 Å². The predicted molar refractivity (Wildman–Crippen MR) is 126 cm³/mol. The number of hydrogen-bond donors (Lipinski definition) is 1. The summed E-state index contributed by atoms with van der Waals surface area (Å²) >= 11 is 0. The van der Waals surface area contributed by atoms with Gasteiger partial charge in [0.25, 0.3) is 5.89 Å². The predicted octanol–water partition coefficient (Wildman–Crippen LogP) is 5.57. The molecule has 2 aromatic carbocycles. The maximum absolute atomic E-state index is 13.6. The van der Waals surface area contributed by atoms with Gasteiger partial charge in [-0.15, -0.1) is 10.2 Å². The molecule has 0 fully saturated rings. The Balaban J connectivity index is 1.42. The largest absolute Gasteiger partial charge is 0.459 e. The molecule has 0 saturated carbocycles. The van der Waals surface area contributed by atoms with Gasteiger partial charge in [0.2, 0.25) is 5.89 Å². The summed E-state index contributed by atoms with van der Waals surface area (Å²) in [4.78, 5) is 19.1. The zero-order valence-corrected chi connectivity index (χ0v) is 18.3. The highest BCUT2D eigenvalue weighted by atomic mass is 16.4. The van der Waals surface area contributed by atoms with Crippen molar-refractivity contribution in [1.82, 2.24) is 20.1 Å². The van der Waals surface area contributed by atoms with Crippen LogP contribution in [0.15, 0.2) is 81.8 Å². The van der Waals surface area contributed by atoms with E-state index < -0.39 is 0 Å². The maximum atomic E-state index is 13.6. The fourth-order valence-electron chi connectivity index (χ4n) is 4.07. The molecule has 0 aliphatic rings. The van der Waals surface area contributed by atoms with Crippen LogP contribution in [0.4, 0.5) is 0 Å². The van der Waals surface area contributed by atoms with Crippen molar-refractivity contribution in [3.63, 3.8) is 0 Å². The zero-order chi connectivity index (χ0) is 22.6. The number of carbonyl (C=O) groups excluding carboxylic acids is 1. The number of fused-ring (bicyclic) bond motifs is 1. The van der Waals surface area contributed by atoms with Gasteiger partial charge >= 0.3 is 0 Å². The number of rotatable bonds is 9. The fraction of sp³-hybridized carbons (Fsp3) is 0.192. The van der Waals surface area contributed by atoms with Crippen molar-refractivity contribution in [2.24, 2.45) is 0 Å². The number of H-pyrrole nitrogens is 1. The zero-order valence-electron chi connectivity index (χ0n) is 18.3. The summed E-state index contributed by atoms with van der Waals surface area (Å²) < 4.78 is 11.1. The number of nitrogens with zero attached hydrogens (tertiary/aromatic N) is 3. The Morgan fingerprint density at radius 1 is 1.00 bits per heavy atom. The topological polar surface area (TPSA) is 88.2 Å². The molecule has 166 valence electrons. The third-order valence-corrected chi connectivity index (χ3v) is 5.51. The third kappa shape index (κ3) is 4.36. The van der Waals surface area contributed by atoms with Crippen molar-refractivity contribution >= 4 is 16.7 Å². The first-order valence-electron chi connectivity index (χ1n) is 11.0. The molecule has 0 unspecified atom stereocenters. The van der Waals surface area contributed by atoms with Crippen LogP contribution in [0.2, 0.25) is 0 Å². The molecule has 0 spiro atoms. The average Bonchev–Trinajstić information content (AvgIpc) is 3.59. The van der Waals surface area contributed by atoms with Crippen molar-refractivity contribution in [2.75, 3.05) is 13.1 Å². The van der Waals surface area contributed by atoms with Crippen LogP contribution in [0, 0.1) is 0 Å². The molecule has 0 saturated heterocycles. The van der Waals surface area contributed by atoms with E-state index in [9.17, 15) is 4.79 Å². The number of para-hydroxylation sites is 1. The molecule has 5 aromatic rings. The van der Waals surface area contributed by atoms with Gasteiger partial charge in [0.1, 0.15) is 0 Å². The van der Waals surface area contributed by atoms with Gasteiger partial charge in [-0.25, -0.2) is 0 Å². The van der Waals surface area contributed by atoms with Crippen molar-refractivity contribution in [3.05, 3.63) is 84.4 Å². The number of carbonyl (C=O) groups is 1. The summed E-state index contributed by atoms with van der Waals surface area (Å²) in [5.41, 5.74) is 3.48. The second-order valence-corrected chi connectivity index (χ2v) is 7.90. The van der Waals surface area contributed by atoms with Crippen molar-refractivity contribution < 1.29 is 13.6 Å². The van der Waals surface area contributed by atoms with E-state index in [-0.39, 0.29) is 12.3 Å². The lowest BCUT2D eigenvalue weighted by atomic mass is 10.0. The Bertz CT molecular complexity index is 1350. The number of nitrogens with one attached hydrogen (secondary N) is 1. The molecule has 0 atom stereocenters. The van der Waals surface area contributed by atoms with E-state index in [0.717, 1.165) is 35.1 Å². The molecule has 0 aliphatic carbocycles. The normalized spacial score (nSPS) is 11.5. The Hall–Kier alpha value is -3.97. The summed E-state index contributed by atoms with van der Waals surface area (Å²) in [6, 6.07) is 21.4. The molecular weight excluding hydrogens is 416 g/mol. The lowest BCUT2D eigenvalue weighted by Gasteiger charge is -2.19. The number of furan rings is 1. The Morgan fingerprint density at radius 3 is 2.61 bits per heavy atom. The van der Waals surface area contributed by atoms with Gasteiger partial charge in [-0.3, -0.25) is 9.69 Å². The quantitative estimate of drug-likeness (QED) is 0.301. The van der Waals surface area contributed by atoms with E-state index in [1.807, 2.05) is 59.5 Å². The first-order chi connectivity index (χ1) is 16.2. The van der Waals surface area contributed by atoms with Crippen LogP contribution in [-0.2, 0) is 6.54 Å². The van der Waals surface area contributed by atoms with Crippen LogP contribution in [0.25, 0.3) is 33.8 Å². The second kappa shape index (κ2) is 9.26. The number of aromatic amines is 1. The molecular formula is C26H24N4O3. The van der Waals surface area contributed by atoms with Gasteiger partial charge < -0.3 is 13.8 Å². The SMILES string of the molecule is CCCN(CC(=O)c1c(-c2ccccc2)[nH]c2ccccc12)Cc1nnc(-c2ccco2)o1. The molecule has 3 heterocycles. The van der Waals surface area contributed by atoms with Crippen molar-refractivity contribution in [1.29, 1.82) is 0 Å². The fourth-order valence-corrected chi connectivity index (χ4v) is 4.07. The minimum Gasteiger partial charge on any atom is -0.459 e. The highest BCUT2D eigenvalue weighted by molar-refractivity contribution is 6.14. The van der Waals surface area contributed by atoms with Crippen LogP contribution >= 0.6 is 0 Å². The lowest BCUT2D eigenvalue weighted by molar-refractivity contribution is 0.0921. The minimum atomic E-state index is 0.0468. The minimum absolute atomic E-state index is 0.0468. The van der Waals surface area contributed by atoms with Gasteiger partial charge in [0, 0.05) is 10.9 Å². The summed E-state index contributed by atoms with van der Waals surface area (Å²) in [7, 11) is 0. The highest BCUT2D eigenvalue weighted by Gasteiger charge is 2.23. The van der Waals surface area contributed by atoms with E-state index in [2.05, 4.69) is 22.1 Å². The Morgan fingerprint density at radius 2 is 1.82 bits per heavy atom. The summed E-state index contributed by atoms with van der Waals surface area (Å²) in [6.07, 6.45) is 2.46. The van der Waals surface area contributed by atoms with E-state index in [0.29, 0.717) is 29.6 Å². The maximum Gasteiger partial charge on any atom is 0.283 e. The Kier molecular flexibility index (Phi) is 5.87. The molecule has 33 heavy (non-hydrogen) atoms.